The molecule has 0 bridgehead atoms. The van der Waals surface area contributed by atoms with E-state index in [4.69, 9.17) is 13.9 Å². The number of ether oxygens (including phenoxy) is 2. The normalized spacial score (nSPS) is 11.1. The van der Waals surface area contributed by atoms with Crippen molar-refractivity contribution in [2.24, 2.45) is 4.99 Å². The molecule has 27 heavy (non-hydrogen) atoms. The summed E-state index contributed by atoms with van der Waals surface area (Å²) in [6, 6.07) is 12.0. The van der Waals surface area contributed by atoms with E-state index in [1.807, 2.05) is 36.4 Å². The van der Waals surface area contributed by atoms with Crippen LogP contribution in [0.2, 0.25) is 0 Å². The van der Waals surface area contributed by atoms with E-state index < -0.39 is 0 Å². The van der Waals surface area contributed by atoms with Gasteiger partial charge in [-0.3, -0.25) is 4.99 Å². The van der Waals surface area contributed by atoms with Gasteiger partial charge in [0.2, 0.25) is 0 Å². The SMILES string of the molecule is CN=C(NCCCOCCOC)NCc1ccc(-c2ccc(Br)cc2)o1.I. The van der Waals surface area contributed by atoms with Crippen molar-refractivity contribution >= 4 is 45.9 Å². The minimum absolute atomic E-state index is 0. The van der Waals surface area contributed by atoms with Gasteiger partial charge in [0.25, 0.3) is 0 Å². The van der Waals surface area contributed by atoms with Gasteiger partial charge in [0.05, 0.1) is 19.8 Å². The third-order valence-corrected chi connectivity index (χ3v) is 4.16. The second kappa shape index (κ2) is 14.0. The fourth-order valence-electron chi connectivity index (χ4n) is 2.26. The number of methoxy groups -OCH3 is 1. The second-order valence-corrected chi connectivity index (χ2v) is 6.50. The molecule has 2 N–H and O–H groups in total. The average Bonchev–Trinajstić information content (AvgIpc) is 3.13. The third-order valence-electron chi connectivity index (χ3n) is 3.63. The standard InChI is InChI=1S/C19H26BrN3O3.HI/c1-21-19(22-10-3-11-25-13-12-24-2)23-14-17-8-9-18(26-17)15-4-6-16(20)7-5-15;/h4-9H,3,10-14H2,1-2H3,(H2,21,22,23);1H. The summed E-state index contributed by atoms with van der Waals surface area (Å²) in [6.07, 6.45) is 0.902. The summed E-state index contributed by atoms with van der Waals surface area (Å²) in [7, 11) is 3.42. The Morgan fingerprint density at radius 3 is 2.56 bits per heavy atom. The second-order valence-electron chi connectivity index (χ2n) is 5.58. The van der Waals surface area contributed by atoms with Crippen molar-refractivity contribution in [3.8, 4) is 11.3 Å². The molecule has 0 atom stereocenters. The van der Waals surface area contributed by atoms with E-state index in [1.165, 1.54) is 0 Å². The Balaban J connectivity index is 0.00000364. The Morgan fingerprint density at radius 1 is 1.07 bits per heavy atom. The predicted octanol–water partition coefficient (Wildman–Crippen LogP) is 4.05. The van der Waals surface area contributed by atoms with Gasteiger partial charge in [0, 0.05) is 37.3 Å². The Hall–Kier alpha value is -1.10. The van der Waals surface area contributed by atoms with Gasteiger partial charge in [0.15, 0.2) is 5.96 Å². The Bertz CT molecular complexity index is 677. The number of rotatable bonds is 10. The number of halogens is 2. The van der Waals surface area contributed by atoms with Crippen molar-refractivity contribution in [2.45, 2.75) is 13.0 Å². The third kappa shape index (κ3) is 9.09. The Morgan fingerprint density at radius 2 is 1.85 bits per heavy atom. The van der Waals surface area contributed by atoms with Gasteiger partial charge in [-0.25, -0.2) is 0 Å². The first-order chi connectivity index (χ1) is 12.7. The summed E-state index contributed by atoms with van der Waals surface area (Å²) in [5, 5.41) is 6.50. The minimum atomic E-state index is 0. The van der Waals surface area contributed by atoms with Crippen LogP contribution < -0.4 is 10.6 Å². The molecule has 0 unspecified atom stereocenters. The fourth-order valence-corrected chi connectivity index (χ4v) is 2.52. The van der Waals surface area contributed by atoms with Gasteiger partial charge in [-0.1, -0.05) is 28.1 Å². The zero-order chi connectivity index (χ0) is 18.6. The number of guanidine groups is 1. The van der Waals surface area contributed by atoms with Crippen LogP contribution in [0.3, 0.4) is 0 Å². The van der Waals surface area contributed by atoms with Crippen molar-refractivity contribution < 1.29 is 13.9 Å². The number of nitrogens with one attached hydrogen (secondary N) is 2. The molecule has 0 spiro atoms. The van der Waals surface area contributed by atoms with Crippen LogP contribution in [0.1, 0.15) is 12.2 Å². The maximum absolute atomic E-state index is 5.89. The average molecular weight is 552 g/mol. The summed E-state index contributed by atoms with van der Waals surface area (Å²) in [4.78, 5) is 4.21. The lowest BCUT2D eigenvalue weighted by atomic mass is 10.2. The van der Waals surface area contributed by atoms with Crippen molar-refractivity contribution in [3.05, 3.63) is 46.6 Å². The molecular formula is C19H27BrIN3O3. The first-order valence-corrected chi connectivity index (χ1v) is 9.38. The molecule has 0 aliphatic heterocycles. The molecule has 150 valence electrons. The van der Waals surface area contributed by atoms with E-state index in [1.54, 1.807) is 14.2 Å². The van der Waals surface area contributed by atoms with Crippen molar-refractivity contribution in [2.75, 3.05) is 40.5 Å². The Kier molecular flexibility index (Phi) is 12.4. The number of hydrogen-bond acceptors (Lipinski definition) is 4. The number of furan rings is 1. The van der Waals surface area contributed by atoms with Gasteiger partial charge >= 0.3 is 0 Å². The number of benzene rings is 1. The molecular weight excluding hydrogens is 525 g/mol. The first-order valence-electron chi connectivity index (χ1n) is 8.59. The predicted molar refractivity (Wildman–Crippen MR) is 123 cm³/mol. The van der Waals surface area contributed by atoms with Gasteiger partial charge in [-0.2, -0.15) is 0 Å². The molecule has 0 saturated carbocycles. The van der Waals surface area contributed by atoms with Gasteiger partial charge in [-0.15, -0.1) is 24.0 Å². The molecule has 0 aliphatic carbocycles. The molecule has 0 aliphatic rings. The maximum Gasteiger partial charge on any atom is 0.191 e. The number of nitrogens with zero attached hydrogens (tertiary/aromatic N) is 1. The van der Waals surface area contributed by atoms with Crippen LogP contribution in [-0.2, 0) is 16.0 Å². The molecule has 0 amide bonds. The molecule has 0 radical (unpaired) electrons. The van der Waals surface area contributed by atoms with Crippen molar-refractivity contribution in [3.63, 3.8) is 0 Å². The van der Waals surface area contributed by atoms with Crippen LogP contribution in [0.5, 0.6) is 0 Å². The zero-order valence-corrected chi connectivity index (χ0v) is 19.6. The van der Waals surface area contributed by atoms with E-state index in [9.17, 15) is 0 Å². The largest absolute Gasteiger partial charge is 0.459 e. The molecule has 1 aromatic carbocycles. The zero-order valence-electron chi connectivity index (χ0n) is 15.7. The van der Waals surface area contributed by atoms with E-state index in [-0.39, 0.29) is 24.0 Å². The monoisotopic (exact) mass is 551 g/mol. The number of hydrogen-bond donors (Lipinski definition) is 2. The molecule has 2 aromatic rings. The summed E-state index contributed by atoms with van der Waals surface area (Å²) >= 11 is 3.44. The van der Waals surface area contributed by atoms with Gasteiger partial charge in [-0.05, 0) is 30.7 Å². The van der Waals surface area contributed by atoms with E-state index in [0.29, 0.717) is 26.4 Å². The van der Waals surface area contributed by atoms with Gasteiger partial charge < -0.3 is 24.5 Å². The minimum Gasteiger partial charge on any atom is -0.459 e. The highest BCUT2D eigenvalue weighted by Crippen LogP contribution is 2.23. The summed E-state index contributed by atoms with van der Waals surface area (Å²) < 4.78 is 17.3. The summed E-state index contributed by atoms with van der Waals surface area (Å²) in [5.41, 5.74) is 1.05. The summed E-state index contributed by atoms with van der Waals surface area (Å²) in [6.45, 7) is 3.31. The van der Waals surface area contributed by atoms with Gasteiger partial charge in [0.1, 0.15) is 11.5 Å². The molecule has 2 rings (SSSR count). The first kappa shape index (κ1) is 23.9. The lowest BCUT2D eigenvalue weighted by Crippen LogP contribution is -2.37. The number of aliphatic imine (C=N–C) groups is 1. The van der Waals surface area contributed by atoms with Crippen LogP contribution in [0.4, 0.5) is 0 Å². The quantitative estimate of drug-likeness (QED) is 0.202. The van der Waals surface area contributed by atoms with Crippen LogP contribution in [0, 0.1) is 0 Å². The lowest BCUT2D eigenvalue weighted by Gasteiger charge is -2.11. The van der Waals surface area contributed by atoms with Crippen LogP contribution in [-0.4, -0.2) is 46.5 Å². The molecule has 8 heteroatoms. The molecule has 6 nitrogen and oxygen atoms in total. The molecule has 0 saturated heterocycles. The van der Waals surface area contributed by atoms with Crippen LogP contribution >= 0.6 is 39.9 Å². The van der Waals surface area contributed by atoms with E-state index in [0.717, 1.165) is 40.5 Å². The Labute approximate surface area is 186 Å². The highest BCUT2D eigenvalue weighted by Gasteiger charge is 2.06. The fraction of sp³-hybridized carbons (Fsp3) is 0.421. The van der Waals surface area contributed by atoms with Crippen molar-refractivity contribution in [1.29, 1.82) is 0 Å². The lowest BCUT2D eigenvalue weighted by molar-refractivity contribution is 0.0698. The van der Waals surface area contributed by atoms with Crippen LogP contribution in [0.15, 0.2) is 50.3 Å². The smallest absolute Gasteiger partial charge is 0.191 e. The molecule has 0 fully saturated rings. The maximum atomic E-state index is 5.89. The highest BCUT2D eigenvalue weighted by atomic mass is 127. The summed E-state index contributed by atoms with van der Waals surface area (Å²) in [5.74, 6) is 2.45. The topological polar surface area (TPSA) is 68.0 Å². The highest BCUT2D eigenvalue weighted by molar-refractivity contribution is 14.0. The molecule has 1 aromatic heterocycles. The van der Waals surface area contributed by atoms with Crippen molar-refractivity contribution in [1.82, 2.24) is 10.6 Å². The molecule has 1 heterocycles. The van der Waals surface area contributed by atoms with Crippen LogP contribution in [0.25, 0.3) is 11.3 Å². The van der Waals surface area contributed by atoms with E-state index in [2.05, 4.69) is 31.6 Å². The van der Waals surface area contributed by atoms with E-state index >= 15 is 0 Å².